The SMILES string of the molecule is C=CC(=O)Nc1cccc(-c2ccc3cnc(C(=O)NCC4CCN(C)CC4)nc3c2)c1. The van der Waals surface area contributed by atoms with Crippen molar-refractivity contribution in [2.24, 2.45) is 5.92 Å². The number of likely N-dealkylation sites (tertiary alicyclic amines) is 1. The van der Waals surface area contributed by atoms with Crippen molar-refractivity contribution in [3.63, 3.8) is 0 Å². The third-order valence-corrected chi connectivity index (χ3v) is 5.82. The van der Waals surface area contributed by atoms with Gasteiger partial charge in [0.15, 0.2) is 0 Å². The number of piperidine rings is 1. The largest absolute Gasteiger partial charge is 0.349 e. The van der Waals surface area contributed by atoms with Crippen molar-refractivity contribution in [3.8, 4) is 11.1 Å². The van der Waals surface area contributed by atoms with Gasteiger partial charge in [-0.25, -0.2) is 9.97 Å². The van der Waals surface area contributed by atoms with Crippen LogP contribution in [0.1, 0.15) is 23.5 Å². The minimum Gasteiger partial charge on any atom is -0.349 e. The van der Waals surface area contributed by atoms with Gasteiger partial charge in [-0.3, -0.25) is 9.59 Å². The van der Waals surface area contributed by atoms with Crippen molar-refractivity contribution >= 4 is 28.4 Å². The lowest BCUT2D eigenvalue weighted by Gasteiger charge is -2.28. The van der Waals surface area contributed by atoms with Crippen molar-refractivity contribution in [1.82, 2.24) is 20.2 Å². The van der Waals surface area contributed by atoms with Crippen LogP contribution >= 0.6 is 0 Å². The molecule has 0 unspecified atom stereocenters. The second kappa shape index (κ2) is 9.70. The average molecular weight is 430 g/mol. The van der Waals surface area contributed by atoms with Gasteiger partial charge < -0.3 is 15.5 Å². The first-order valence-electron chi connectivity index (χ1n) is 10.8. The van der Waals surface area contributed by atoms with E-state index in [1.807, 2.05) is 42.5 Å². The number of rotatable bonds is 6. The van der Waals surface area contributed by atoms with Crippen LogP contribution in [-0.2, 0) is 4.79 Å². The first-order chi connectivity index (χ1) is 15.5. The van der Waals surface area contributed by atoms with Crippen molar-refractivity contribution in [1.29, 1.82) is 0 Å². The molecule has 4 rings (SSSR count). The summed E-state index contributed by atoms with van der Waals surface area (Å²) < 4.78 is 0. The van der Waals surface area contributed by atoms with Gasteiger partial charge in [-0.2, -0.15) is 0 Å². The molecule has 1 aromatic heterocycles. The Labute approximate surface area is 187 Å². The number of anilines is 1. The van der Waals surface area contributed by atoms with Crippen LogP contribution in [0.5, 0.6) is 0 Å². The van der Waals surface area contributed by atoms with E-state index >= 15 is 0 Å². The smallest absolute Gasteiger partial charge is 0.289 e. The summed E-state index contributed by atoms with van der Waals surface area (Å²) in [4.78, 5) is 35.3. The Hall–Kier alpha value is -3.58. The number of aromatic nitrogens is 2. The number of carbonyl (C=O) groups is 2. The van der Waals surface area contributed by atoms with Crippen LogP contribution in [0.2, 0.25) is 0 Å². The third kappa shape index (κ3) is 5.18. The van der Waals surface area contributed by atoms with Gasteiger partial charge in [0.1, 0.15) is 0 Å². The van der Waals surface area contributed by atoms with E-state index in [1.165, 1.54) is 6.08 Å². The maximum Gasteiger partial charge on any atom is 0.289 e. The van der Waals surface area contributed by atoms with E-state index in [0.717, 1.165) is 42.4 Å². The monoisotopic (exact) mass is 429 g/mol. The number of hydrogen-bond acceptors (Lipinski definition) is 5. The number of nitrogens with one attached hydrogen (secondary N) is 2. The highest BCUT2D eigenvalue weighted by Gasteiger charge is 2.18. The zero-order valence-electron chi connectivity index (χ0n) is 18.2. The summed E-state index contributed by atoms with van der Waals surface area (Å²) in [7, 11) is 2.12. The van der Waals surface area contributed by atoms with E-state index in [9.17, 15) is 9.59 Å². The summed E-state index contributed by atoms with van der Waals surface area (Å²) in [5.74, 6) is 0.167. The Balaban J connectivity index is 1.50. The molecule has 1 aliphatic heterocycles. The van der Waals surface area contributed by atoms with Gasteiger partial charge >= 0.3 is 0 Å². The summed E-state index contributed by atoms with van der Waals surface area (Å²) in [6.07, 6.45) is 5.09. The van der Waals surface area contributed by atoms with Crippen LogP contribution in [-0.4, -0.2) is 53.4 Å². The highest BCUT2D eigenvalue weighted by atomic mass is 16.2. The Morgan fingerprint density at radius 2 is 1.94 bits per heavy atom. The van der Waals surface area contributed by atoms with Gasteiger partial charge in [-0.05, 0) is 74.3 Å². The van der Waals surface area contributed by atoms with Crippen molar-refractivity contribution in [3.05, 3.63) is 67.1 Å². The Bertz CT molecular complexity index is 1150. The zero-order valence-corrected chi connectivity index (χ0v) is 18.2. The van der Waals surface area contributed by atoms with Crippen LogP contribution in [0.3, 0.4) is 0 Å². The summed E-state index contributed by atoms with van der Waals surface area (Å²) >= 11 is 0. The fourth-order valence-electron chi connectivity index (χ4n) is 3.86. The maximum atomic E-state index is 12.6. The molecule has 1 fully saturated rings. The minimum atomic E-state index is -0.260. The van der Waals surface area contributed by atoms with Crippen LogP contribution < -0.4 is 10.6 Å². The molecule has 0 saturated carbocycles. The average Bonchev–Trinajstić information content (AvgIpc) is 2.83. The third-order valence-electron chi connectivity index (χ3n) is 5.82. The predicted molar refractivity (Wildman–Crippen MR) is 126 cm³/mol. The standard InChI is InChI=1S/C25H27N5O2/c1-3-23(31)28-21-6-4-5-18(13-21)19-7-8-20-16-26-24(29-22(20)14-19)25(32)27-15-17-9-11-30(2)12-10-17/h3-8,13-14,16-17H,1,9-12,15H2,2H3,(H,27,32)(H,28,31). The number of carbonyl (C=O) groups excluding carboxylic acids is 2. The molecular weight excluding hydrogens is 402 g/mol. The highest BCUT2D eigenvalue weighted by molar-refractivity contribution is 5.99. The summed E-state index contributed by atoms with van der Waals surface area (Å²) in [5.41, 5.74) is 3.25. The van der Waals surface area contributed by atoms with E-state index in [-0.39, 0.29) is 17.6 Å². The first kappa shape index (κ1) is 21.6. The van der Waals surface area contributed by atoms with E-state index in [2.05, 4.69) is 39.1 Å². The molecule has 7 heteroatoms. The fraction of sp³-hybridized carbons (Fsp3) is 0.280. The molecular formula is C25H27N5O2. The van der Waals surface area contributed by atoms with Crippen molar-refractivity contribution in [2.75, 3.05) is 32.0 Å². The normalized spacial score (nSPS) is 14.8. The predicted octanol–water partition coefficient (Wildman–Crippen LogP) is 3.49. The molecule has 0 radical (unpaired) electrons. The second-order valence-electron chi connectivity index (χ2n) is 8.20. The molecule has 2 heterocycles. The number of benzene rings is 2. The summed E-state index contributed by atoms with van der Waals surface area (Å²) in [6, 6.07) is 13.4. The highest BCUT2D eigenvalue weighted by Crippen LogP contribution is 2.26. The first-order valence-corrected chi connectivity index (χ1v) is 10.8. The van der Waals surface area contributed by atoms with Crippen molar-refractivity contribution in [2.45, 2.75) is 12.8 Å². The lowest BCUT2D eigenvalue weighted by atomic mass is 9.97. The number of nitrogens with zero attached hydrogens (tertiary/aromatic N) is 3. The molecule has 2 N–H and O–H groups in total. The number of fused-ring (bicyclic) bond motifs is 1. The Kier molecular flexibility index (Phi) is 6.56. The fourth-order valence-corrected chi connectivity index (χ4v) is 3.86. The molecule has 1 saturated heterocycles. The molecule has 164 valence electrons. The van der Waals surface area contributed by atoms with Gasteiger partial charge in [0.05, 0.1) is 5.52 Å². The van der Waals surface area contributed by atoms with E-state index in [0.29, 0.717) is 23.7 Å². The van der Waals surface area contributed by atoms with Crippen LogP contribution in [0, 0.1) is 5.92 Å². The molecule has 0 bridgehead atoms. The molecule has 32 heavy (non-hydrogen) atoms. The van der Waals surface area contributed by atoms with Crippen LogP contribution in [0.4, 0.5) is 5.69 Å². The van der Waals surface area contributed by atoms with Crippen molar-refractivity contribution < 1.29 is 9.59 Å². The molecule has 2 amide bonds. The molecule has 0 atom stereocenters. The van der Waals surface area contributed by atoms with Gasteiger partial charge in [-0.1, -0.05) is 30.8 Å². The molecule has 1 aliphatic rings. The van der Waals surface area contributed by atoms with Gasteiger partial charge in [-0.15, -0.1) is 0 Å². The van der Waals surface area contributed by atoms with Gasteiger partial charge in [0.2, 0.25) is 11.7 Å². The van der Waals surface area contributed by atoms with E-state index in [1.54, 1.807) is 6.20 Å². The van der Waals surface area contributed by atoms with Crippen LogP contribution in [0.25, 0.3) is 22.0 Å². The van der Waals surface area contributed by atoms with E-state index in [4.69, 9.17) is 0 Å². The molecule has 0 spiro atoms. The van der Waals surface area contributed by atoms with E-state index < -0.39 is 0 Å². The summed E-state index contributed by atoms with van der Waals surface area (Å²) in [5, 5.41) is 6.62. The topological polar surface area (TPSA) is 87.2 Å². The summed E-state index contributed by atoms with van der Waals surface area (Å²) in [6.45, 7) is 6.25. The zero-order chi connectivity index (χ0) is 22.5. The molecule has 7 nitrogen and oxygen atoms in total. The number of amides is 2. The molecule has 0 aliphatic carbocycles. The molecule has 3 aromatic rings. The quantitative estimate of drug-likeness (QED) is 0.586. The lowest BCUT2D eigenvalue weighted by molar-refractivity contribution is -0.111. The number of hydrogen-bond donors (Lipinski definition) is 2. The lowest BCUT2D eigenvalue weighted by Crippen LogP contribution is -2.37. The maximum absolute atomic E-state index is 12.6. The second-order valence-corrected chi connectivity index (χ2v) is 8.20. The molecule has 2 aromatic carbocycles. The Morgan fingerprint density at radius 1 is 1.16 bits per heavy atom. The van der Waals surface area contributed by atoms with Gasteiger partial charge in [0.25, 0.3) is 5.91 Å². The van der Waals surface area contributed by atoms with Crippen LogP contribution in [0.15, 0.2) is 61.3 Å². The Morgan fingerprint density at radius 3 is 2.72 bits per heavy atom. The minimum absolute atomic E-state index is 0.176. The van der Waals surface area contributed by atoms with Gasteiger partial charge in [0, 0.05) is 23.8 Å².